The second-order valence-corrected chi connectivity index (χ2v) is 9.74. The van der Waals surface area contributed by atoms with Gasteiger partial charge in [0.2, 0.25) is 11.8 Å². The van der Waals surface area contributed by atoms with Crippen LogP contribution in [-0.2, 0) is 22.7 Å². The third-order valence-corrected chi connectivity index (χ3v) is 6.68. The number of hydrogen-bond acceptors (Lipinski definition) is 7. The fraction of sp³-hybridized carbons (Fsp3) is 0.429. The number of piperazine rings is 1. The van der Waals surface area contributed by atoms with E-state index in [1.54, 1.807) is 18.5 Å². The monoisotopic (exact) mass is 558 g/mol. The van der Waals surface area contributed by atoms with E-state index >= 15 is 0 Å². The van der Waals surface area contributed by atoms with Crippen molar-refractivity contribution in [3.05, 3.63) is 72.2 Å². The van der Waals surface area contributed by atoms with Gasteiger partial charge in [-0.05, 0) is 43.1 Å². The summed E-state index contributed by atoms with van der Waals surface area (Å²) >= 11 is 0. The van der Waals surface area contributed by atoms with E-state index in [1.165, 1.54) is 0 Å². The van der Waals surface area contributed by atoms with E-state index in [2.05, 4.69) is 15.5 Å². The van der Waals surface area contributed by atoms with Crippen LogP contribution < -0.4 is 10.6 Å². The van der Waals surface area contributed by atoms with Gasteiger partial charge < -0.3 is 15.1 Å². The molecule has 1 unspecified atom stereocenters. The molecule has 0 radical (unpaired) electrons. The Labute approximate surface area is 230 Å². The number of furan rings is 1. The summed E-state index contributed by atoms with van der Waals surface area (Å²) in [5.74, 6) is 0.589. The number of carbonyl (C=O) groups is 2. The summed E-state index contributed by atoms with van der Waals surface area (Å²) in [6, 6.07) is 14.3. The average Bonchev–Trinajstić information content (AvgIpc) is 3.42. The second-order valence-electron chi connectivity index (χ2n) is 9.74. The number of unbranched alkanes of at least 4 members (excludes halogenated alkanes) is 1. The van der Waals surface area contributed by atoms with Crippen LogP contribution in [0, 0.1) is 0 Å². The van der Waals surface area contributed by atoms with Crippen molar-refractivity contribution in [2.24, 2.45) is 0 Å². The number of carbonyl (C=O) groups excluding carboxylic acids is 2. The minimum Gasteiger partial charge on any atom is -0.460 e. The van der Waals surface area contributed by atoms with Gasteiger partial charge >= 0.3 is 6.18 Å². The van der Waals surface area contributed by atoms with E-state index in [0.29, 0.717) is 63.5 Å². The molecule has 0 saturated carbocycles. The first kappa shape index (κ1) is 29.2. The zero-order valence-electron chi connectivity index (χ0n) is 22.1. The molecule has 1 atom stereocenters. The molecule has 4 rings (SSSR count). The van der Waals surface area contributed by atoms with E-state index < -0.39 is 24.7 Å². The Morgan fingerprint density at radius 3 is 2.58 bits per heavy atom. The maximum absolute atomic E-state index is 12.8. The molecule has 1 fully saturated rings. The highest BCUT2D eigenvalue weighted by atomic mass is 19.4. The summed E-state index contributed by atoms with van der Waals surface area (Å²) in [6.45, 7) is 1.38. The van der Waals surface area contributed by atoms with Crippen molar-refractivity contribution in [2.75, 3.05) is 32.7 Å². The molecule has 3 aromatic rings. The van der Waals surface area contributed by atoms with Crippen LogP contribution in [0.2, 0.25) is 0 Å². The van der Waals surface area contributed by atoms with Crippen LogP contribution in [0.15, 0.2) is 65.3 Å². The van der Waals surface area contributed by atoms with Gasteiger partial charge in [0.15, 0.2) is 0 Å². The van der Waals surface area contributed by atoms with Gasteiger partial charge in [0.25, 0.3) is 0 Å². The molecule has 0 aliphatic carbocycles. The van der Waals surface area contributed by atoms with Crippen molar-refractivity contribution in [1.82, 2.24) is 30.6 Å². The van der Waals surface area contributed by atoms with Crippen LogP contribution in [0.1, 0.15) is 30.6 Å². The molecule has 214 valence electrons. The van der Waals surface area contributed by atoms with E-state index in [-0.39, 0.29) is 12.5 Å². The molecule has 1 aromatic carbocycles. The van der Waals surface area contributed by atoms with Crippen LogP contribution in [0.5, 0.6) is 0 Å². The highest BCUT2D eigenvalue weighted by molar-refractivity contribution is 5.82. The lowest BCUT2D eigenvalue weighted by Crippen LogP contribution is -2.59. The van der Waals surface area contributed by atoms with Crippen molar-refractivity contribution in [2.45, 2.75) is 44.6 Å². The Balaban J connectivity index is 1.28. The second kappa shape index (κ2) is 14.0. The van der Waals surface area contributed by atoms with Gasteiger partial charge in [-0.2, -0.15) is 23.4 Å². The minimum atomic E-state index is -4.49. The largest absolute Gasteiger partial charge is 0.460 e. The van der Waals surface area contributed by atoms with Crippen molar-refractivity contribution < 1.29 is 27.2 Å². The van der Waals surface area contributed by atoms with E-state index in [4.69, 9.17) is 4.42 Å². The quantitative estimate of drug-likeness (QED) is 0.329. The number of hydrogen-bond donors (Lipinski definition) is 2. The molecular weight excluding hydrogens is 525 g/mol. The third kappa shape index (κ3) is 9.16. The van der Waals surface area contributed by atoms with Gasteiger partial charge in [-0.15, -0.1) is 0 Å². The van der Waals surface area contributed by atoms with Gasteiger partial charge in [-0.25, -0.2) is 0 Å². The first-order chi connectivity index (χ1) is 19.3. The highest BCUT2D eigenvalue weighted by Crippen LogP contribution is 2.23. The summed E-state index contributed by atoms with van der Waals surface area (Å²) in [5, 5.41) is 12.5. The molecule has 1 aliphatic heterocycles. The lowest BCUT2D eigenvalue weighted by Gasteiger charge is -2.40. The van der Waals surface area contributed by atoms with E-state index in [9.17, 15) is 22.8 Å². The number of rotatable bonds is 12. The van der Waals surface area contributed by atoms with Crippen LogP contribution >= 0.6 is 0 Å². The maximum Gasteiger partial charge on any atom is 0.405 e. The highest BCUT2D eigenvalue weighted by Gasteiger charge is 2.35. The van der Waals surface area contributed by atoms with Crippen LogP contribution in [0.4, 0.5) is 13.2 Å². The fourth-order valence-electron chi connectivity index (χ4n) is 4.60. The Morgan fingerprint density at radius 1 is 1.00 bits per heavy atom. The molecule has 2 N–H and O–H groups in total. The minimum absolute atomic E-state index is 0.0616. The number of halogens is 3. The van der Waals surface area contributed by atoms with Crippen LogP contribution in [0.3, 0.4) is 0 Å². The summed E-state index contributed by atoms with van der Waals surface area (Å²) in [7, 11) is 0. The van der Waals surface area contributed by atoms with Crippen molar-refractivity contribution in [3.63, 3.8) is 0 Å². The predicted octanol–water partition coefficient (Wildman–Crippen LogP) is 3.39. The van der Waals surface area contributed by atoms with Crippen molar-refractivity contribution >= 4 is 11.8 Å². The van der Waals surface area contributed by atoms with Crippen molar-refractivity contribution in [1.29, 1.82) is 0 Å². The molecule has 2 amide bonds. The number of nitrogens with zero attached hydrogens (tertiary/aromatic N) is 4. The Hall–Kier alpha value is -3.77. The van der Waals surface area contributed by atoms with Crippen molar-refractivity contribution in [3.8, 4) is 11.3 Å². The lowest BCUT2D eigenvalue weighted by atomic mass is 10.1. The predicted molar refractivity (Wildman–Crippen MR) is 142 cm³/mol. The molecule has 0 spiro atoms. The van der Waals surface area contributed by atoms with Gasteiger partial charge in [-0.1, -0.05) is 30.3 Å². The normalized spacial score (nSPS) is 16.5. The van der Waals surface area contributed by atoms with Gasteiger partial charge in [-0.3, -0.25) is 19.4 Å². The molecule has 9 nitrogen and oxygen atoms in total. The first-order valence-corrected chi connectivity index (χ1v) is 13.2. The molecular formula is C28H33F3N6O3. The number of alkyl halides is 3. The summed E-state index contributed by atoms with van der Waals surface area (Å²) in [4.78, 5) is 28.9. The zero-order chi connectivity index (χ0) is 28.4. The number of benzene rings is 1. The van der Waals surface area contributed by atoms with E-state index in [1.807, 2.05) is 57.6 Å². The third-order valence-electron chi connectivity index (χ3n) is 6.68. The average molecular weight is 559 g/mol. The summed E-state index contributed by atoms with van der Waals surface area (Å²) < 4.78 is 44.3. The summed E-state index contributed by atoms with van der Waals surface area (Å²) in [5.41, 5.74) is 1.80. The Morgan fingerprint density at radius 2 is 1.82 bits per heavy atom. The first-order valence-electron chi connectivity index (χ1n) is 13.2. The number of amides is 2. The SMILES string of the molecule is O=C(CCCCN1CCN(Cc2ccc(-c3ccnnc3)o2)CC1C(=O)NCC(F)(F)F)NCc1ccccc1. The smallest absolute Gasteiger partial charge is 0.405 e. The van der Waals surface area contributed by atoms with Crippen LogP contribution in [0.25, 0.3) is 11.3 Å². The fourth-order valence-corrected chi connectivity index (χ4v) is 4.60. The molecule has 2 aromatic heterocycles. The molecule has 40 heavy (non-hydrogen) atoms. The molecule has 0 bridgehead atoms. The zero-order valence-corrected chi connectivity index (χ0v) is 22.1. The van der Waals surface area contributed by atoms with Gasteiger partial charge in [0.05, 0.1) is 18.9 Å². The van der Waals surface area contributed by atoms with E-state index in [0.717, 1.165) is 11.1 Å². The number of aromatic nitrogens is 2. The number of nitrogens with one attached hydrogen (secondary N) is 2. The molecule has 12 heteroatoms. The molecule has 1 saturated heterocycles. The Bertz CT molecular complexity index is 1220. The standard InChI is InChI=1S/C28H33F3N6O3/c29-28(30,31)20-33-27(39)24-19-36(18-23-9-10-25(40-23)22-11-12-34-35-17-22)14-15-37(24)13-5-4-8-26(38)32-16-21-6-2-1-3-7-21/h1-3,6-7,9-12,17,24H,4-5,8,13-16,18-20H2,(H,32,38)(H,33,39). The maximum atomic E-state index is 12.8. The van der Waals surface area contributed by atoms with Gasteiger partial charge in [0, 0.05) is 38.2 Å². The van der Waals surface area contributed by atoms with Gasteiger partial charge in [0.1, 0.15) is 24.1 Å². The molecule has 3 heterocycles. The summed E-state index contributed by atoms with van der Waals surface area (Å²) in [6.07, 6.45) is 0.257. The topological polar surface area (TPSA) is 104 Å². The molecule has 1 aliphatic rings. The Kier molecular flexibility index (Phi) is 10.3. The van der Waals surface area contributed by atoms with Crippen LogP contribution in [-0.4, -0.2) is 76.8 Å². The lowest BCUT2D eigenvalue weighted by molar-refractivity contribution is -0.143.